The van der Waals surface area contributed by atoms with Gasteiger partial charge in [-0.05, 0) is 43.2 Å². The molecule has 6 heteroatoms. The van der Waals surface area contributed by atoms with Crippen molar-refractivity contribution in [3.63, 3.8) is 0 Å². The molecule has 0 aliphatic carbocycles. The summed E-state index contributed by atoms with van der Waals surface area (Å²) in [5.41, 5.74) is 3.49. The largest absolute Gasteiger partial charge is 0.326 e. The molecule has 4 nitrogen and oxygen atoms in total. The van der Waals surface area contributed by atoms with Gasteiger partial charge in [0.15, 0.2) is 0 Å². The summed E-state index contributed by atoms with van der Waals surface area (Å²) in [7, 11) is 0. The van der Waals surface area contributed by atoms with E-state index in [0.717, 1.165) is 27.6 Å². The molecule has 122 valence electrons. The van der Waals surface area contributed by atoms with Crippen LogP contribution in [-0.4, -0.2) is 15.9 Å². The van der Waals surface area contributed by atoms with E-state index < -0.39 is 0 Å². The number of aromatic nitrogens is 2. The minimum atomic E-state index is -0.0484. The Hall–Kier alpha value is -2.24. The average Bonchev–Trinajstić information content (AvgIpc) is 3.06. The lowest BCUT2D eigenvalue weighted by Gasteiger charge is -2.08. The number of hydrogen-bond donors (Lipinski definition) is 1. The molecule has 0 saturated carbocycles. The number of carbonyl (C=O) groups excluding carboxylic acids is 1. The van der Waals surface area contributed by atoms with Gasteiger partial charge in [0.1, 0.15) is 5.01 Å². The van der Waals surface area contributed by atoms with E-state index in [2.05, 4.69) is 15.3 Å². The maximum absolute atomic E-state index is 12.1. The Bertz CT molecular complexity index is 848. The molecule has 3 rings (SSSR count). The molecule has 0 atom stereocenters. The summed E-state index contributed by atoms with van der Waals surface area (Å²) in [5, 5.41) is 6.35. The van der Waals surface area contributed by atoms with E-state index in [0.29, 0.717) is 17.9 Å². The van der Waals surface area contributed by atoms with E-state index in [-0.39, 0.29) is 5.91 Å². The van der Waals surface area contributed by atoms with Crippen LogP contribution in [-0.2, 0) is 11.2 Å². The van der Waals surface area contributed by atoms with Crippen LogP contribution in [0.5, 0.6) is 0 Å². The van der Waals surface area contributed by atoms with E-state index >= 15 is 0 Å². The van der Waals surface area contributed by atoms with Crippen LogP contribution in [0.3, 0.4) is 0 Å². The Balaban J connectivity index is 1.59. The molecule has 2 heterocycles. The molecule has 0 radical (unpaired) electrons. The Labute approximate surface area is 149 Å². The Kier molecular flexibility index (Phi) is 5.23. The number of carbonyl (C=O) groups is 1. The molecule has 0 spiro atoms. The molecule has 2 aromatic heterocycles. The minimum Gasteiger partial charge on any atom is -0.326 e. The first-order valence-electron chi connectivity index (χ1n) is 7.53. The predicted octanol–water partition coefficient (Wildman–Crippen LogP) is 4.74. The molecule has 1 amide bonds. The number of benzene rings is 1. The normalized spacial score (nSPS) is 10.6. The smallest absolute Gasteiger partial charge is 0.224 e. The lowest BCUT2D eigenvalue weighted by Crippen LogP contribution is -2.13. The van der Waals surface area contributed by atoms with Crippen molar-refractivity contribution in [1.82, 2.24) is 9.97 Å². The highest BCUT2D eigenvalue weighted by Crippen LogP contribution is 2.23. The van der Waals surface area contributed by atoms with Crippen molar-refractivity contribution in [1.29, 1.82) is 0 Å². The van der Waals surface area contributed by atoms with Crippen LogP contribution in [0.25, 0.3) is 10.7 Å². The number of halogens is 1. The van der Waals surface area contributed by atoms with Crippen LogP contribution in [0.1, 0.15) is 17.7 Å². The van der Waals surface area contributed by atoms with Crippen molar-refractivity contribution in [3.8, 4) is 10.7 Å². The molecular weight excluding hydrogens is 342 g/mol. The lowest BCUT2D eigenvalue weighted by molar-refractivity contribution is -0.116. The Morgan fingerprint density at radius 3 is 2.96 bits per heavy atom. The van der Waals surface area contributed by atoms with Gasteiger partial charge in [-0.3, -0.25) is 9.78 Å². The Morgan fingerprint density at radius 2 is 2.17 bits per heavy atom. The number of hydrogen-bond acceptors (Lipinski definition) is 4. The third-order valence-corrected chi connectivity index (χ3v) is 4.67. The highest BCUT2D eigenvalue weighted by molar-refractivity contribution is 7.13. The van der Waals surface area contributed by atoms with Crippen LogP contribution in [0.15, 0.2) is 48.0 Å². The maximum Gasteiger partial charge on any atom is 0.224 e. The van der Waals surface area contributed by atoms with Crippen molar-refractivity contribution in [2.24, 2.45) is 0 Å². The summed E-state index contributed by atoms with van der Waals surface area (Å²) >= 11 is 7.51. The standard InChI is InChI=1S/C18H16ClN3OS/c1-12-5-6-13(19)10-16(12)22-17(23)8-7-14-11-24-18(21-14)15-4-2-3-9-20-15/h2-6,9-11H,7-8H2,1H3,(H,22,23). The lowest BCUT2D eigenvalue weighted by atomic mass is 10.2. The van der Waals surface area contributed by atoms with Crippen LogP contribution >= 0.6 is 22.9 Å². The third kappa shape index (κ3) is 4.19. The number of thiazole rings is 1. The van der Waals surface area contributed by atoms with Crippen LogP contribution < -0.4 is 5.32 Å². The highest BCUT2D eigenvalue weighted by atomic mass is 35.5. The summed E-state index contributed by atoms with van der Waals surface area (Å²) in [4.78, 5) is 21.0. The number of amides is 1. The quantitative estimate of drug-likeness (QED) is 0.717. The zero-order valence-electron chi connectivity index (χ0n) is 13.1. The molecule has 1 aromatic carbocycles. The number of rotatable bonds is 5. The second-order valence-electron chi connectivity index (χ2n) is 5.37. The first-order chi connectivity index (χ1) is 11.6. The summed E-state index contributed by atoms with van der Waals surface area (Å²) < 4.78 is 0. The number of nitrogens with zero attached hydrogens (tertiary/aromatic N) is 2. The van der Waals surface area contributed by atoms with Gasteiger partial charge in [-0.15, -0.1) is 11.3 Å². The van der Waals surface area contributed by atoms with Gasteiger partial charge in [-0.2, -0.15) is 0 Å². The summed E-state index contributed by atoms with van der Waals surface area (Å²) in [6.45, 7) is 1.94. The second kappa shape index (κ2) is 7.55. The van der Waals surface area contributed by atoms with Crippen molar-refractivity contribution >= 4 is 34.5 Å². The predicted molar refractivity (Wildman–Crippen MR) is 98.5 cm³/mol. The van der Waals surface area contributed by atoms with Crippen LogP contribution in [0, 0.1) is 6.92 Å². The Morgan fingerprint density at radius 1 is 1.29 bits per heavy atom. The van der Waals surface area contributed by atoms with E-state index in [1.165, 1.54) is 11.3 Å². The number of nitrogens with one attached hydrogen (secondary N) is 1. The zero-order chi connectivity index (χ0) is 16.9. The molecule has 0 unspecified atom stereocenters. The third-order valence-electron chi connectivity index (χ3n) is 3.52. The fraction of sp³-hybridized carbons (Fsp3) is 0.167. The first kappa shape index (κ1) is 16.6. The summed E-state index contributed by atoms with van der Waals surface area (Å²) in [6, 6.07) is 11.2. The van der Waals surface area contributed by atoms with Crippen LogP contribution in [0.2, 0.25) is 5.02 Å². The number of anilines is 1. The summed E-state index contributed by atoms with van der Waals surface area (Å²) in [5.74, 6) is -0.0484. The van der Waals surface area contributed by atoms with Gasteiger partial charge in [0.05, 0.1) is 11.4 Å². The average molecular weight is 358 g/mol. The summed E-state index contributed by atoms with van der Waals surface area (Å²) in [6.07, 6.45) is 2.71. The van der Waals surface area contributed by atoms with E-state index in [4.69, 9.17) is 11.6 Å². The molecule has 0 fully saturated rings. The first-order valence-corrected chi connectivity index (χ1v) is 8.79. The van der Waals surface area contributed by atoms with Gasteiger partial charge in [-0.25, -0.2) is 4.98 Å². The van der Waals surface area contributed by atoms with Gasteiger partial charge in [0.25, 0.3) is 0 Å². The topological polar surface area (TPSA) is 54.9 Å². The number of pyridine rings is 1. The number of aryl methyl sites for hydroxylation is 2. The minimum absolute atomic E-state index is 0.0484. The molecular formula is C18H16ClN3OS. The highest BCUT2D eigenvalue weighted by Gasteiger charge is 2.09. The second-order valence-corrected chi connectivity index (χ2v) is 6.66. The molecule has 0 bridgehead atoms. The molecule has 1 N–H and O–H groups in total. The fourth-order valence-electron chi connectivity index (χ4n) is 2.21. The fourth-order valence-corrected chi connectivity index (χ4v) is 3.21. The zero-order valence-corrected chi connectivity index (χ0v) is 14.7. The molecule has 24 heavy (non-hydrogen) atoms. The molecule has 3 aromatic rings. The van der Waals surface area contributed by atoms with E-state index in [9.17, 15) is 4.79 Å². The van der Waals surface area contributed by atoms with Crippen molar-refractivity contribution in [2.45, 2.75) is 19.8 Å². The maximum atomic E-state index is 12.1. The molecule has 0 aliphatic rings. The van der Waals surface area contributed by atoms with E-state index in [1.54, 1.807) is 18.3 Å². The van der Waals surface area contributed by atoms with Gasteiger partial charge in [-0.1, -0.05) is 23.7 Å². The van der Waals surface area contributed by atoms with Crippen molar-refractivity contribution < 1.29 is 4.79 Å². The van der Waals surface area contributed by atoms with Gasteiger partial charge < -0.3 is 5.32 Å². The van der Waals surface area contributed by atoms with E-state index in [1.807, 2.05) is 36.6 Å². The van der Waals surface area contributed by atoms with Gasteiger partial charge in [0.2, 0.25) is 5.91 Å². The van der Waals surface area contributed by atoms with Crippen LogP contribution in [0.4, 0.5) is 5.69 Å². The van der Waals surface area contributed by atoms with Gasteiger partial charge >= 0.3 is 0 Å². The molecule has 0 saturated heterocycles. The molecule has 0 aliphatic heterocycles. The monoisotopic (exact) mass is 357 g/mol. The van der Waals surface area contributed by atoms with Gasteiger partial charge in [0, 0.05) is 28.7 Å². The van der Waals surface area contributed by atoms with Crippen molar-refractivity contribution in [2.75, 3.05) is 5.32 Å². The van der Waals surface area contributed by atoms with Crippen molar-refractivity contribution in [3.05, 3.63) is 64.3 Å². The SMILES string of the molecule is Cc1ccc(Cl)cc1NC(=O)CCc1csc(-c2ccccn2)n1.